The van der Waals surface area contributed by atoms with Crippen LogP contribution < -0.4 is 0 Å². The van der Waals surface area contributed by atoms with E-state index in [-0.39, 0.29) is 17.9 Å². The van der Waals surface area contributed by atoms with E-state index in [1.807, 2.05) is 66.9 Å². The lowest BCUT2D eigenvalue weighted by Crippen LogP contribution is -2.12. The number of aliphatic hydroxyl groups excluding tert-OH is 1. The minimum atomic E-state index is -0.571. The molecule has 0 saturated carbocycles. The predicted octanol–water partition coefficient (Wildman–Crippen LogP) is 5.60. The summed E-state index contributed by atoms with van der Waals surface area (Å²) in [7, 11) is 0. The number of thioether (sulfide) groups is 2. The first-order chi connectivity index (χ1) is 13.1. The number of rotatable bonds is 5. The summed E-state index contributed by atoms with van der Waals surface area (Å²) in [6.45, 7) is 1.96. The van der Waals surface area contributed by atoms with E-state index in [1.165, 1.54) is 11.8 Å². The molecule has 1 aliphatic rings. The maximum atomic E-state index is 12.4. The van der Waals surface area contributed by atoms with Gasteiger partial charge >= 0.3 is 5.97 Å². The van der Waals surface area contributed by atoms with Gasteiger partial charge in [-0.2, -0.15) is 0 Å². The molecule has 2 aromatic carbocycles. The van der Waals surface area contributed by atoms with Gasteiger partial charge in [-0.1, -0.05) is 42.1 Å². The molecule has 0 fully saturated rings. The first-order valence-corrected chi connectivity index (χ1v) is 10.4. The highest BCUT2D eigenvalue weighted by atomic mass is 32.2. The van der Waals surface area contributed by atoms with Crippen LogP contribution in [-0.2, 0) is 9.53 Å². The molecule has 2 aromatic rings. The molecule has 6 heteroatoms. The summed E-state index contributed by atoms with van der Waals surface area (Å²) in [5.41, 5.74) is 1.75. The van der Waals surface area contributed by atoms with Crippen LogP contribution in [0.2, 0.25) is 0 Å². The van der Waals surface area contributed by atoms with Crippen molar-refractivity contribution in [3.63, 3.8) is 0 Å². The van der Waals surface area contributed by atoms with Gasteiger partial charge in [0.05, 0.1) is 17.2 Å². The van der Waals surface area contributed by atoms with Crippen LogP contribution in [0.15, 0.2) is 80.7 Å². The second-order valence-electron chi connectivity index (χ2n) is 5.58. The predicted molar refractivity (Wildman–Crippen MR) is 114 cm³/mol. The Bertz CT molecular complexity index is 916. The number of para-hydroxylation sites is 1. The molecule has 0 saturated heterocycles. The zero-order valence-corrected chi connectivity index (χ0v) is 16.6. The molecule has 0 bridgehead atoms. The van der Waals surface area contributed by atoms with Crippen molar-refractivity contribution in [1.29, 1.82) is 0 Å². The number of aliphatic imine (C=N–C) groups is 1. The van der Waals surface area contributed by atoms with Gasteiger partial charge in [0.15, 0.2) is 0 Å². The van der Waals surface area contributed by atoms with Crippen molar-refractivity contribution in [3.05, 3.63) is 76.4 Å². The Morgan fingerprint density at radius 2 is 1.89 bits per heavy atom. The maximum absolute atomic E-state index is 12.4. The van der Waals surface area contributed by atoms with Crippen LogP contribution in [0, 0.1) is 0 Å². The summed E-state index contributed by atoms with van der Waals surface area (Å²) in [5, 5.41) is 11.1. The van der Waals surface area contributed by atoms with E-state index in [2.05, 4.69) is 4.99 Å². The Balaban J connectivity index is 2.00. The molecule has 1 heterocycles. The highest BCUT2D eigenvalue weighted by Crippen LogP contribution is 2.40. The third-order valence-electron chi connectivity index (χ3n) is 3.77. The van der Waals surface area contributed by atoms with Gasteiger partial charge in [0.1, 0.15) is 16.4 Å². The molecule has 4 nitrogen and oxygen atoms in total. The van der Waals surface area contributed by atoms with E-state index in [1.54, 1.807) is 18.7 Å². The second kappa shape index (κ2) is 8.97. The van der Waals surface area contributed by atoms with Gasteiger partial charge in [-0.25, -0.2) is 9.79 Å². The number of hydrogen-bond donors (Lipinski definition) is 1. The summed E-state index contributed by atoms with van der Waals surface area (Å²) in [6, 6.07) is 17.3. The van der Waals surface area contributed by atoms with Crippen molar-refractivity contribution in [1.82, 2.24) is 0 Å². The maximum Gasteiger partial charge on any atom is 0.344 e. The molecule has 27 heavy (non-hydrogen) atoms. The third kappa shape index (κ3) is 4.64. The zero-order valence-electron chi connectivity index (χ0n) is 15.0. The summed E-state index contributed by atoms with van der Waals surface area (Å²) in [6.07, 6.45) is 3.86. The largest absolute Gasteiger partial charge is 0.506 e. The molecular weight excluding hydrogens is 378 g/mol. The fourth-order valence-corrected chi connectivity index (χ4v) is 3.91. The van der Waals surface area contributed by atoms with Crippen LogP contribution in [0.4, 0.5) is 5.69 Å². The van der Waals surface area contributed by atoms with Crippen LogP contribution in [0.1, 0.15) is 12.5 Å². The molecule has 0 aromatic heterocycles. The second-order valence-corrected chi connectivity index (χ2v) is 7.49. The smallest absolute Gasteiger partial charge is 0.344 e. The van der Waals surface area contributed by atoms with Crippen molar-refractivity contribution in [2.75, 3.05) is 12.9 Å². The summed E-state index contributed by atoms with van der Waals surface area (Å²) in [5.74, 6) is -0.666. The average molecular weight is 398 g/mol. The van der Waals surface area contributed by atoms with Gasteiger partial charge in [0.2, 0.25) is 0 Å². The lowest BCUT2D eigenvalue weighted by molar-refractivity contribution is -0.138. The van der Waals surface area contributed by atoms with E-state index in [0.29, 0.717) is 15.6 Å². The first-order valence-electron chi connectivity index (χ1n) is 8.40. The Morgan fingerprint density at radius 1 is 1.19 bits per heavy atom. The number of carbonyl (C=O) groups excluding carboxylic acids is 1. The number of hydrogen-bond acceptors (Lipinski definition) is 6. The van der Waals surface area contributed by atoms with Gasteiger partial charge in [-0.05, 0) is 49.1 Å². The van der Waals surface area contributed by atoms with E-state index >= 15 is 0 Å². The Hall–Kier alpha value is -2.44. The molecule has 0 aliphatic carbocycles. The normalized spacial score (nSPS) is 17.0. The number of carbonyl (C=O) groups is 1. The third-order valence-corrected chi connectivity index (χ3v) is 5.53. The van der Waals surface area contributed by atoms with Crippen molar-refractivity contribution < 1.29 is 14.6 Å². The monoisotopic (exact) mass is 397 g/mol. The fourth-order valence-electron chi connectivity index (χ4n) is 2.46. The number of esters is 1. The van der Waals surface area contributed by atoms with Gasteiger partial charge < -0.3 is 9.84 Å². The molecule has 3 rings (SSSR count). The van der Waals surface area contributed by atoms with Gasteiger partial charge in [0, 0.05) is 4.90 Å². The molecule has 1 aliphatic heterocycles. The Labute approximate surface area is 167 Å². The number of ether oxygens (including phenoxy) is 1. The van der Waals surface area contributed by atoms with Crippen molar-refractivity contribution >= 4 is 46.3 Å². The van der Waals surface area contributed by atoms with Gasteiger partial charge in [0.25, 0.3) is 0 Å². The first kappa shape index (κ1) is 19.3. The molecule has 0 unspecified atom stereocenters. The van der Waals surface area contributed by atoms with Crippen molar-refractivity contribution in [3.8, 4) is 0 Å². The number of benzene rings is 2. The lowest BCUT2D eigenvalue weighted by atomic mass is 10.1. The van der Waals surface area contributed by atoms with Gasteiger partial charge in [-0.15, -0.1) is 11.8 Å². The summed E-state index contributed by atoms with van der Waals surface area (Å²) in [4.78, 5) is 18.6. The van der Waals surface area contributed by atoms with E-state index < -0.39 is 5.97 Å². The molecule has 0 amide bonds. The molecule has 1 N–H and O–H groups in total. The van der Waals surface area contributed by atoms with Crippen LogP contribution >= 0.6 is 23.5 Å². The molecule has 0 atom stereocenters. The summed E-state index contributed by atoms with van der Waals surface area (Å²) < 4.78 is 5.11. The highest BCUT2D eigenvalue weighted by molar-refractivity contribution is 8.18. The fraction of sp³-hybridized carbons (Fsp3) is 0.143. The number of nitrogens with zero attached hydrogens (tertiary/aromatic N) is 1. The minimum Gasteiger partial charge on any atom is -0.506 e. The lowest BCUT2D eigenvalue weighted by Gasteiger charge is -2.03. The number of aliphatic hydroxyl groups is 1. The standard InChI is InChI=1S/C21H19NO3S2/c1-3-25-21(24)18-19(23)17(13-14-9-11-16(26-2)12-10-14)27-20(18)22-15-7-5-4-6-8-15/h4-13,23H,3H2,1-2H3. The van der Waals surface area contributed by atoms with E-state index in [0.717, 1.165) is 10.5 Å². The SMILES string of the molecule is CCOC(=O)C1=C(O)C(=Cc2ccc(SC)cc2)SC1=Nc1ccccc1. The van der Waals surface area contributed by atoms with Crippen molar-refractivity contribution in [2.24, 2.45) is 4.99 Å². The Kier molecular flexibility index (Phi) is 6.42. The average Bonchev–Trinajstić information content (AvgIpc) is 2.98. The topological polar surface area (TPSA) is 58.9 Å². The van der Waals surface area contributed by atoms with Crippen LogP contribution in [0.5, 0.6) is 0 Å². The van der Waals surface area contributed by atoms with E-state index in [9.17, 15) is 9.90 Å². The van der Waals surface area contributed by atoms with E-state index in [4.69, 9.17) is 4.74 Å². The molecule has 0 radical (unpaired) electrons. The molecule has 0 spiro atoms. The minimum absolute atomic E-state index is 0.0953. The zero-order chi connectivity index (χ0) is 19.2. The Morgan fingerprint density at radius 3 is 2.52 bits per heavy atom. The van der Waals surface area contributed by atoms with Crippen LogP contribution in [0.25, 0.3) is 6.08 Å². The quantitative estimate of drug-likeness (QED) is 0.525. The van der Waals surface area contributed by atoms with Gasteiger partial charge in [-0.3, -0.25) is 0 Å². The van der Waals surface area contributed by atoms with Crippen LogP contribution in [-0.4, -0.2) is 29.0 Å². The van der Waals surface area contributed by atoms with Crippen LogP contribution in [0.3, 0.4) is 0 Å². The molecule has 138 valence electrons. The highest BCUT2D eigenvalue weighted by Gasteiger charge is 2.33. The van der Waals surface area contributed by atoms with Crippen molar-refractivity contribution in [2.45, 2.75) is 11.8 Å². The molecular formula is C21H19NO3S2. The summed E-state index contributed by atoms with van der Waals surface area (Å²) >= 11 is 2.93.